The number of carbonyl (C=O) groups excluding carboxylic acids is 1. The van der Waals surface area contributed by atoms with Crippen LogP contribution in [0.15, 0.2) is 36.7 Å². The second kappa shape index (κ2) is 8.96. The molecule has 1 heterocycles. The van der Waals surface area contributed by atoms with Gasteiger partial charge in [-0.2, -0.15) is 5.10 Å². The van der Waals surface area contributed by atoms with E-state index in [2.05, 4.69) is 17.3 Å². The fourth-order valence-electron chi connectivity index (χ4n) is 2.33. The lowest BCUT2D eigenvalue weighted by molar-refractivity contribution is -0.122. The van der Waals surface area contributed by atoms with Crippen molar-refractivity contribution in [3.05, 3.63) is 42.2 Å². The summed E-state index contributed by atoms with van der Waals surface area (Å²) in [6.07, 6.45) is 4.88. The Bertz CT molecular complexity index is 641. The molecular formula is C18H25N3O3. The summed E-state index contributed by atoms with van der Waals surface area (Å²) in [4.78, 5) is 12.1. The van der Waals surface area contributed by atoms with Crippen LogP contribution in [0.4, 0.5) is 0 Å². The number of ether oxygens (including phenoxy) is 2. The van der Waals surface area contributed by atoms with E-state index in [-0.39, 0.29) is 11.9 Å². The molecule has 0 saturated heterocycles. The van der Waals surface area contributed by atoms with Gasteiger partial charge in [0.05, 0.1) is 19.8 Å². The maximum atomic E-state index is 12.1. The fourth-order valence-corrected chi connectivity index (χ4v) is 2.33. The summed E-state index contributed by atoms with van der Waals surface area (Å²) >= 11 is 0. The van der Waals surface area contributed by atoms with Crippen molar-refractivity contribution < 1.29 is 14.3 Å². The van der Waals surface area contributed by atoms with E-state index in [1.807, 2.05) is 37.4 Å². The van der Waals surface area contributed by atoms with E-state index in [9.17, 15) is 4.79 Å². The molecule has 0 unspecified atom stereocenters. The summed E-state index contributed by atoms with van der Waals surface area (Å²) in [5.41, 5.74) is 0.975. The van der Waals surface area contributed by atoms with Crippen molar-refractivity contribution in [3.63, 3.8) is 0 Å². The van der Waals surface area contributed by atoms with Gasteiger partial charge in [0, 0.05) is 25.4 Å². The topological polar surface area (TPSA) is 65.4 Å². The molecule has 1 aromatic carbocycles. The number of hydrogen-bond donors (Lipinski definition) is 1. The molecule has 1 N–H and O–H groups in total. The standard InChI is InChI=1S/C18H25N3O3/c1-4-12-24-16-7-6-15(13-17(16)23-3)14(2)20-18(22)8-11-21-10-5-9-19-21/h5-7,9-10,13-14H,4,8,11-12H2,1-3H3,(H,20,22)/t14-/m1/s1. The SMILES string of the molecule is CCCOc1ccc([C@@H](C)NC(=O)CCn2cccn2)cc1OC. The number of aromatic nitrogens is 2. The molecule has 1 amide bonds. The van der Waals surface area contributed by atoms with Crippen molar-refractivity contribution in [2.24, 2.45) is 0 Å². The van der Waals surface area contributed by atoms with E-state index in [0.717, 1.165) is 17.7 Å². The monoisotopic (exact) mass is 331 g/mol. The maximum Gasteiger partial charge on any atom is 0.222 e. The molecule has 6 heteroatoms. The molecule has 24 heavy (non-hydrogen) atoms. The first-order valence-corrected chi connectivity index (χ1v) is 8.21. The summed E-state index contributed by atoms with van der Waals surface area (Å²) in [6.45, 7) is 5.23. The van der Waals surface area contributed by atoms with Gasteiger partial charge in [-0.1, -0.05) is 13.0 Å². The molecule has 0 aliphatic rings. The first-order chi connectivity index (χ1) is 11.6. The van der Waals surface area contributed by atoms with Crippen LogP contribution in [0.3, 0.4) is 0 Å². The molecule has 2 aromatic rings. The average molecular weight is 331 g/mol. The quantitative estimate of drug-likeness (QED) is 0.767. The molecule has 0 spiro atoms. The van der Waals surface area contributed by atoms with E-state index in [1.165, 1.54) is 0 Å². The third kappa shape index (κ3) is 5.01. The fraction of sp³-hybridized carbons (Fsp3) is 0.444. The molecule has 2 rings (SSSR count). The highest BCUT2D eigenvalue weighted by Gasteiger charge is 2.13. The van der Waals surface area contributed by atoms with Crippen LogP contribution in [0, 0.1) is 0 Å². The normalized spacial score (nSPS) is 11.8. The van der Waals surface area contributed by atoms with Gasteiger partial charge in [0.1, 0.15) is 0 Å². The van der Waals surface area contributed by atoms with E-state index in [4.69, 9.17) is 9.47 Å². The van der Waals surface area contributed by atoms with Crippen molar-refractivity contribution in [1.29, 1.82) is 0 Å². The van der Waals surface area contributed by atoms with Gasteiger partial charge in [-0.3, -0.25) is 9.48 Å². The molecular weight excluding hydrogens is 306 g/mol. The van der Waals surface area contributed by atoms with Crippen LogP contribution >= 0.6 is 0 Å². The van der Waals surface area contributed by atoms with Gasteiger partial charge in [-0.05, 0) is 37.1 Å². The summed E-state index contributed by atoms with van der Waals surface area (Å²) in [5.74, 6) is 1.39. The Morgan fingerprint density at radius 3 is 2.88 bits per heavy atom. The minimum Gasteiger partial charge on any atom is -0.493 e. The van der Waals surface area contributed by atoms with Crippen LogP contribution in [0.2, 0.25) is 0 Å². The second-order valence-electron chi connectivity index (χ2n) is 5.57. The van der Waals surface area contributed by atoms with Crippen molar-refractivity contribution in [2.75, 3.05) is 13.7 Å². The van der Waals surface area contributed by atoms with Crippen LogP contribution in [0.1, 0.15) is 38.3 Å². The predicted molar refractivity (Wildman–Crippen MR) is 92.2 cm³/mol. The molecule has 130 valence electrons. The van der Waals surface area contributed by atoms with Crippen LogP contribution in [-0.2, 0) is 11.3 Å². The predicted octanol–water partition coefficient (Wildman–Crippen LogP) is 2.95. The van der Waals surface area contributed by atoms with Gasteiger partial charge in [0.2, 0.25) is 5.91 Å². The first-order valence-electron chi connectivity index (χ1n) is 8.21. The van der Waals surface area contributed by atoms with Crippen molar-refractivity contribution >= 4 is 5.91 Å². The van der Waals surface area contributed by atoms with Crippen molar-refractivity contribution in [1.82, 2.24) is 15.1 Å². The number of nitrogens with zero attached hydrogens (tertiary/aromatic N) is 2. The third-order valence-electron chi connectivity index (χ3n) is 3.65. The second-order valence-corrected chi connectivity index (χ2v) is 5.57. The molecule has 1 aromatic heterocycles. The summed E-state index contributed by atoms with van der Waals surface area (Å²) in [6, 6.07) is 7.48. The zero-order valence-corrected chi connectivity index (χ0v) is 14.5. The first kappa shape index (κ1) is 17.8. The summed E-state index contributed by atoms with van der Waals surface area (Å²) in [7, 11) is 1.62. The number of benzene rings is 1. The summed E-state index contributed by atoms with van der Waals surface area (Å²) in [5, 5.41) is 7.08. The zero-order chi connectivity index (χ0) is 17.4. The van der Waals surface area contributed by atoms with Crippen molar-refractivity contribution in [2.45, 2.75) is 39.3 Å². The molecule has 0 saturated carbocycles. The van der Waals surface area contributed by atoms with Crippen LogP contribution in [-0.4, -0.2) is 29.4 Å². The molecule has 6 nitrogen and oxygen atoms in total. The Morgan fingerprint density at radius 2 is 2.21 bits per heavy atom. The lowest BCUT2D eigenvalue weighted by Gasteiger charge is -2.17. The van der Waals surface area contributed by atoms with E-state index in [1.54, 1.807) is 18.0 Å². The van der Waals surface area contributed by atoms with E-state index >= 15 is 0 Å². The smallest absolute Gasteiger partial charge is 0.222 e. The van der Waals surface area contributed by atoms with Crippen LogP contribution < -0.4 is 14.8 Å². The van der Waals surface area contributed by atoms with Gasteiger partial charge in [-0.15, -0.1) is 0 Å². The number of nitrogens with one attached hydrogen (secondary N) is 1. The molecule has 1 atom stereocenters. The Kier molecular flexibility index (Phi) is 6.66. The number of carbonyl (C=O) groups is 1. The van der Waals surface area contributed by atoms with Gasteiger partial charge in [0.25, 0.3) is 0 Å². The number of hydrogen-bond acceptors (Lipinski definition) is 4. The highest BCUT2D eigenvalue weighted by atomic mass is 16.5. The molecule has 0 aliphatic heterocycles. The minimum absolute atomic E-state index is 0.0109. The highest BCUT2D eigenvalue weighted by molar-refractivity contribution is 5.76. The van der Waals surface area contributed by atoms with Gasteiger partial charge in [0.15, 0.2) is 11.5 Å². The zero-order valence-electron chi connectivity index (χ0n) is 14.5. The summed E-state index contributed by atoms with van der Waals surface area (Å²) < 4.78 is 12.8. The van der Waals surface area contributed by atoms with E-state index < -0.39 is 0 Å². The molecule has 0 bridgehead atoms. The lowest BCUT2D eigenvalue weighted by atomic mass is 10.1. The molecule has 0 fully saturated rings. The molecule has 0 radical (unpaired) electrons. The number of rotatable bonds is 9. The Morgan fingerprint density at radius 1 is 1.38 bits per heavy atom. The average Bonchev–Trinajstić information content (AvgIpc) is 3.11. The maximum absolute atomic E-state index is 12.1. The van der Waals surface area contributed by atoms with Gasteiger partial charge >= 0.3 is 0 Å². The largest absolute Gasteiger partial charge is 0.493 e. The Labute approximate surface area is 142 Å². The number of methoxy groups -OCH3 is 1. The lowest BCUT2D eigenvalue weighted by Crippen LogP contribution is -2.27. The van der Waals surface area contributed by atoms with Gasteiger partial charge < -0.3 is 14.8 Å². The van der Waals surface area contributed by atoms with Crippen LogP contribution in [0.5, 0.6) is 11.5 Å². The Hall–Kier alpha value is -2.50. The van der Waals surface area contributed by atoms with Crippen LogP contribution in [0.25, 0.3) is 0 Å². The number of amides is 1. The Balaban J connectivity index is 1.93. The minimum atomic E-state index is -0.107. The van der Waals surface area contributed by atoms with E-state index in [0.29, 0.717) is 25.3 Å². The number of aryl methyl sites for hydroxylation is 1. The third-order valence-corrected chi connectivity index (χ3v) is 3.65. The highest BCUT2D eigenvalue weighted by Crippen LogP contribution is 2.30. The van der Waals surface area contributed by atoms with Gasteiger partial charge in [-0.25, -0.2) is 0 Å². The van der Waals surface area contributed by atoms with Crippen molar-refractivity contribution in [3.8, 4) is 11.5 Å². The molecule has 0 aliphatic carbocycles.